The Morgan fingerprint density at radius 1 is 0.792 bits per heavy atom. The van der Waals surface area contributed by atoms with Crippen LogP contribution in [0.2, 0.25) is 0 Å². The molecular weight excluding hydrogens is 308 g/mol. The van der Waals surface area contributed by atoms with Crippen molar-refractivity contribution in [1.29, 1.82) is 0 Å². The molecule has 4 aromatic rings. The van der Waals surface area contributed by atoms with E-state index in [9.17, 15) is 9.59 Å². The summed E-state index contributed by atoms with van der Waals surface area (Å²) in [4.78, 5) is 31.3. The summed E-state index contributed by atoms with van der Waals surface area (Å²) >= 11 is 0. The van der Waals surface area contributed by atoms with Gasteiger partial charge in [-0.3, -0.25) is 9.59 Å². The highest BCUT2D eigenvalue weighted by Crippen LogP contribution is 2.25. The van der Waals surface area contributed by atoms with Crippen molar-refractivity contribution in [2.75, 3.05) is 14.2 Å². The number of rotatable bonds is 2. The van der Waals surface area contributed by atoms with E-state index in [-0.39, 0.29) is 16.5 Å². The molecule has 2 heterocycles. The maximum absolute atomic E-state index is 13.1. The van der Waals surface area contributed by atoms with Crippen LogP contribution in [-0.4, -0.2) is 24.2 Å². The normalized spacial score (nSPS) is 11.2. The Morgan fingerprint density at radius 3 is 2.00 bits per heavy atom. The molecule has 0 fully saturated rings. The lowest BCUT2D eigenvalue weighted by molar-refractivity contribution is 0.415. The van der Waals surface area contributed by atoms with Crippen molar-refractivity contribution in [1.82, 2.24) is 9.97 Å². The third-order valence-corrected chi connectivity index (χ3v) is 4.18. The lowest BCUT2D eigenvalue weighted by Crippen LogP contribution is -2.15. The molecule has 4 rings (SSSR count). The van der Waals surface area contributed by atoms with Gasteiger partial charge in [0, 0.05) is 16.3 Å². The summed E-state index contributed by atoms with van der Waals surface area (Å²) in [5, 5.41) is 1.44. The lowest BCUT2D eigenvalue weighted by atomic mass is 10.1. The summed E-state index contributed by atoms with van der Waals surface area (Å²) in [7, 11) is 3.10. The topological polar surface area (TPSA) is 84.2 Å². The van der Waals surface area contributed by atoms with Gasteiger partial charge in [0.05, 0.1) is 25.1 Å². The molecule has 120 valence electrons. The van der Waals surface area contributed by atoms with Crippen LogP contribution in [0.4, 0.5) is 0 Å². The Labute approximate surface area is 135 Å². The first-order chi connectivity index (χ1) is 11.6. The van der Waals surface area contributed by atoms with E-state index in [2.05, 4.69) is 9.97 Å². The van der Waals surface area contributed by atoms with Crippen LogP contribution in [0.5, 0.6) is 11.5 Å². The van der Waals surface area contributed by atoms with Crippen LogP contribution >= 0.6 is 0 Å². The molecule has 6 heteroatoms. The Morgan fingerprint density at radius 2 is 1.38 bits per heavy atom. The third kappa shape index (κ3) is 1.96. The number of aromatic nitrogens is 2. The molecule has 0 aliphatic rings. The SMILES string of the molecule is COc1ccc2[nH]c3c(=O)[nH]c4ccc(OC)cc4c3c(=O)c2c1. The molecule has 0 bridgehead atoms. The van der Waals surface area contributed by atoms with Gasteiger partial charge in [0.1, 0.15) is 17.0 Å². The van der Waals surface area contributed by atoms with Crippen molar-refractivity contribution >= 4 is 32.7 Å². The van der Waals surface area contributed by atoms with Crippen LogP contribution < -0.4 is 20.5 Å². The Kier molecular flexibility index (Phi) is 3.06. The molecule has 0 radical (unpaired) electrons. The van der Waals surface area contributed by atoms with Gasteiger partial charge in [-0.2, -0.15) is 0 Å². The van der Waals surface area contributed by atoms with Crippen LogP contribution in [0.25, 0.3) is 32.7 Å². The molecule has 0 saturated heterocycles. The van der Waals surface area contributed by atoms with Crippen molar-refractivity contribution in [2.24, 2.45) is 0 Å². The average molecular weight is 322 g/mol. The summed E-state index contributed by atoms with van der Waals surface area (Å²) in [6, 6.07) is 10.3. The van der Waals surface area contributed by atoms with Crippen molar-refractivity contribution < 1.29 is 9.47 Å². The number of nitrogens with one attached hydrogen (secondary N) is 2. The number of benzene rings is 2. The maximum Gasteiger partial charge on any atom is 0.272 e. The maximum atomic E-state index is 13.1. The summed E-state index contributed by atoms with van der Waals surface area (Å²) in [6.07, 6.45) is 0. The zero-order chi connectivity index (χ0) is 16.8. The summed E-state index contributed by atoms with van der Waals surface area (Å²) in [5.74, 6) is 1.19. The third-order valence-electron chi connectivity index (χ3n) is 4.18. The fraction of sp³-hybridized carbons (Fsp3) is 0.111. The molecular formula is C18H14N2O4. The van der Waals surface area contributed by atoms with Crippen LogP contribution in [0.15, 0.2) is 46.0 Å². The van der Waals surface area contributed by atoms with Crippen molar-refractivity contribution in [3.05, 3.63) is 57.0 Å². The van der Waals surface area contributed by atoms with Gasteiger partial charge in [-0.15, -0.1) is 0 Å². The minimum atomic E-state index is -0.336. The van der Waals surface area contributed by atoms with Gasteiger partial charge in [0.25, 0.3) is 5.56 Å². The predicted molar refractivity (Wildman–Crippen MR) is 93.3 cm³/mol. The minimum Gasteiger partial charge on any atom is -0.497 e. The quantitative estimate of drug-likeness (QED) is 0.439. The minimum absolute atomic E-state index is 0.220. The second-order valence-electron chi connectivity index (χ2n) is 5.48. The number of ether oxygens (including phenoxy) is 2. The van der Waals surface area contributed by atoms with Crippen molar-refractivity contribution in [2.45, 2.75) is 0 Å². The fourth-order valence-electron chi connectivity index (χ4n) is 2.97. The van der Waals surface area contributed by atoms with Crippen LogP contribution in [0.3, 0.4) is 0 Å². The summed E-state index contributed by atoms with van der Waals surface area (Å²) in [6.45, 7) is 0. The number of hydrogen-bond acceptors (Lipinski definition) is 4. The molecule has 0 unspecified atom stereocenters. The second kappa shape index (κ2) is 5.13. The Hall–Kier alpha value is -3.28. The molecule has 0 spiro atoms. The summed E-state index contributed by atoms with van der Waals surface area (Å²) < 4.78 is 10.4. The molecule has 0 amide bonds. The highest BCUT2D eigenvalue weighted by atomic mass is 16.5. The number of methoxy groups -OCH3 is 2. The number of pyridine rings is 2. The first-order valence-electron chi connectivity index (χ1n) is 7.36. The zero-order valence-corrected chi connectivity index (χ0v) is 13.1. The number of aromatic amines is 2. The van der Waals surface area contributed by atoms with Gasteiger partial charge in [0.15, 0.2) is 5.43 Å². The zero-order valence-electron chi connectivity index (χ0n) is 13.1. The summed E-state index contributed by atoms with van der Waals surface area (Å²) in [5.41, 5.74) is 0.861. The van der Waals surface area contributed by atoms with Gasteiger partial charge in [-0.05, 0) is 36.4 Å². The Bertz CT molecular complexity index is 1220. The van der Waals surface area contributed by atoms with Crippen LogP contribution in [0.1, 0.15) is 0 Å². The van der Waals surface area contributed by atoms with E-state index in [4.69, 9.17) is 9.47 Å². The molecule has 0 atom stereocenters. The van der Waals surface area contributed by atoms with E-state index in [1.165, 1.54) is 0 Å². The fourth-order valence-corrected chi connectivity index (χ4v) is 2.97. The first-order valence-corrected chi connectivity index (χ1v) is 7.36. The van der Waals surface area contributed by atoms with Gasteiger partial charge < -0.3 is 19.4 Å². The van der Waals surface area contributed by atoms with E-state index in [1.807, 2.05) is 0 Å². The molecule has 2 N–H and O–H groups in total. The first kappa shape index (κ1) is 14.3. The molecule has 2 aromatic carbocycles. The standard InChI is InChI=1S/C18H14N2O4/c1-23-9-3-5-13-11(7-9)15-16(18(22)20-13)19-14-6-4-10(24-2)8-12(14)17(15)21/h3-8H,1-2H3,(H,19,21)(H,20,22). The van der Waals surface area contributed by atoms with Crippen molar-refractivity contribution in [3.8, 4) is 11.5 Å². The van der Waals surface area contributed by atoms with Gasteiger partial charge in [-0.25, -0.2) is 0 Å². The number of H-pyrrole nitrogens is 2. The highest BCUT2D eigenvalue weighted by molar-refractivity contribution is 6.08. The van der Waals surface area contributed by atoms with E-state index in [0.29, 0.717) is 38.7 Å². The monoisotopic (exact) mass is 322 g/mol. The Balaban J connectivity index is 2.28. The van der Waals surface area contributed by atoms with Crippen molar-refractivity contribution in [3.63, 3.8) is 0 Å². The molecule has 6 nitrogen and oxygen atoms in total. The molecule has 2 aromatic heterocycles. The molecule has 0 aliphatic heterocycles. The van der Waals surface area contributed by atoms with E-state index < -0.39 is 0 Å². The van der Waals surface area contributed by atoms with Crippen LogP contribution in [0, 0.1) is 0 Å². The lowest BCUT2D eigenvalue weighted by Gasteiger charge is -2.08. The number of hydrogen-bond donors (Lipinski definition) is 2. The molecule has 24 heavy (non-hydrogen) atoms. The van der Waals surface area contributed by atoms with Gasteiger partial charge >= 0.3 is 0 Å². The second-order valence-corrected chi connectivity index (χ2v) is 5.48. The molecule has 0 saturated carbocycles. The van der Waals surface area contributed by atoms with Gasteiger partial charge in [-0.1, -0.05) is 0 Å². The van der Waals surface area contributed by atoms with Crippen LogP contribution in [-0.2, 0) is 0 Å². The number of fused-ring (bicyclic) bond motifs is 4. The molecule has 0 aliphatic carbocycles. The largest absolute Gasteiger partial charge is 0.497 e. The highest BCUT2D eigenvalue weighted by Gasteiger charge is 2.13. The van der Waals surface area contributed by atoms with Gasteiger partial charge in [0.2, 0.25) is 0 Å². The predicted octanol–water partition coefficient (Wildman–Crippen LogP) is 2.54. The average Bonchev–Trinajstić information content (AvgIpc) is 2.61. The van der Waals surface area contributed by atoms with E-state index in [0.717, 1.165) is 0 Å². The smallest absolute Gasteiger partial charge is 0.272 e. The van der Waals surface area contributed by atoms with E-state index in [1.54, 1.807) is 50.6 Å². The van der Waals surface area contributed by atoms with E-state index >= 15 is 0 Å².